The van der Waals surface area contributed by atoms with Crippen LogP contribution in [-0.2, 0) is 9.59 Å². The third kappa shape index (κ3) is 3.76. The number of Topliss-reactive ketones (excluding diaryl/α,β-unsaturated/α-hetero) is 1. The SMILES string of the molecule is C/C([O-])=C1\C=CC=CC1.CC(=O)[C@@]1(O)[C@H](O)C[C@H]2[C@@H]3CCC4=CC(=O)CC[C@]4(C)[C@H]3CC[C@@]21C. The molecule has 0 aliphatic heterocycles. The Balaban J connectivity index is 0.000000257. The molecule has 0 amide bonds. The number of ketones is 2. The van der Waals surface area contributed by atoms with Gasteiger partial charge >= 0.3 is 0 Å². The van der Waals surface area contributed by atoms with Gasteiger partial charge in [-0.3, -0.25) is 9.59 Å². The Labute approximate surface area is 203 Å². The summed E-state index contributed by atoms with van der Waals surface area (Å²) in [7, 11) is 0. The molecule has 0 aromatic heterocycles. The van der Waals surface area contributed by atoms with Gasteiger partial charge in [0.2, 0.25) is 0 Å². The summed E-state index contributed by atoms with van der Waals surface area (Å²) >= 11 is 0. The van der Waals surface area contributed by atoms with Gasteiger partial charge in [-0.2, -0.15) is 0 Å². The van der Waals surface area contributed by atoms with Crippen LogP contribution in [0, 0.1) is 28.6 Å². The number of fused-ring (bicyclic) bond motifs is 5. The van der Waals surface area contributed by atoms with Crippen molar-refractivity contribution < 1.29 is 24.9 Å². The second-order valence-corrected chi connectivity index (χ2v) is 11.6. The Morgan fingerprint density at radius 2 is 1.82 bits per heavy atom. The lowest BCUT2D eigenvalue weighted by molar-refractivity contribution is -0.303. The van der Waals surface area contributed by atoms with Crippen LogP contribution in [0.5, 0.6) is 0 Å². The highest BCUT2D eigenvalue weighted by atomic mass is 16.4. The van der Waals surface area contributed by atoms with E-state index >= 15 is 0 Å². The van der Waals surface area contributed by atoms with Gasteiger partial charge in [-0.1, -0.05) is 56.2 Å². The van der Waals surface area contributed by atoms with Gasteiger partial charge in [0.25, 0.3) is 0 Å². The van der Waals surface area contributed by atoms with E-state index in [-0.39, 0.29) is 28.7 Å². The maximum absolute atomic E-state index is 12.3. The van der Waals surface area contributed by atoms with Crippen LogP contribution in [-0.4, -0.2) is 33.5 Å². The van der Waals surface area contributed by atoms with Gasteiger partial charge in [-0.25, -0.2) is 0 Å². The first-order valence-electron chi connectivity index (χ1n) is 12.8. The molecule has 0 spiro atoms. The molecule has 0 bridgehead atoms. The molecule has 34 heavy (non-hydrogen) atoms. The maximum atomic E-state index is 12.3. The van der Waals surface area contributed by atoms with Gasteiger partial charge in [0.05, 0.1) is 6.10 Å². The van der Waals surface area contributed by atoms with Crippen molar-refractivity contribution in [1.29, 1.82) is 0 Å². The molecule has 5 nitrogen and oxygen atoms in total. The van der Waals surface area contributed by atoms with Crippen LogP contribution in [0.4, 0.5) is 0 Å². The molecule has 0 heterocycles. The molecule has 5 rings (SSSR count). The van der Waals surface area contributed by atoms with Crippen LogP contribution in [0.3, 0.4) is 0 Å². The minimum absolute atomic E-state index is 0.0695. The zero-order valence-electron chi connectivity index (χ0n) is 21.0. The highest BCUT2D eigenvalue weighted by Crippen LogP contribution is 2.67. The summed E-state index contributed by atoms with van der Waals surface area (Å²) in [4.78, 5) is 24.1. The van der Waals surface area contributed by atoms with E-state index in [1.165, 1.54) is 12.5 Å². The Bertz CT molecular complexity index is 982. The van der Waals surface area contributed by atoms with Crippen LogP contribution in [0.25, 0.3) is 0 Å². The molecule has 5 aliphatic carbocycles. The van der Waals surface area contributed by atoms with Crippen molar-refractivity contribution in [2.75, 3.05) is 0 Å². The number of hydrogen-bond acceptors (Lipinski definition) is 5. The molecule has 3 fully saturated rings. The minimum atomic E-state index is -1.61. The van der Waals surface area contributed by atoms with Crippen molar-refractivity contribution in [3.63, 3.8) is 0 Å². The first-order valence-corrected chi connectivity index (χ1v) is 12.8. The van der Waals surface area contributed by atoms with E-state index in [2.05, 4.69) is 6.92 Å². The lowest BCUT2D eigenvalue weighted by Crippen LogP contribution is -2.59. The van der Waals surface area contributed by atoms with Crippen LogP contribution < -0.4 is 5.11 Å². The Kier molecular flexibility index (Phi) is 6.58. The van der Waals surface area contributed by atoms with Gasteiger partial charge in [0, 0.05) is 11.8 Å². The van der Waals surface area contributed by atoms with Crippen molar-refractivity contribution in [2.24, 2.45) is 28.6 Å². The molecular formula is C29H39O5-. The van der Waals surface area contributed by atoms with E-state index in [0.29, 0.717) is 24.7 Å². The Morgan fingerprint density at radius 3 is 2.41 bits per heavy atom. The number of aliphatic hydroxyl groups is 2. The molecule has 2 N–H and O–H groups in total. The third-order valence-corrected chi connectivity index (χ3v) is 10.1. The van der Waals surface area contributed by atoms with Crippen molar-refractivity contribution in [3.05, 3.63) is 47.3 Å². The highest BCUT2D eigenvalue weighted by molar-refractivity contribution is 5.91. The smallest absolute Gasteiger partial charge is 0.164 e. The molecular weight excluding hydrogens is 428 g/mol. The summed E-state index contributed by atoms with van der Waals surface area (Å²) in [6.45, 7) is 7.34. The summed E-state index contributed by atoms with van der Waals surface area (Å²) in [5.74, 6) is 1.21. The third-order valence-electron chi connectivity index (χ3n) is 10.1. The second-order valence-electron chi connectivity index (χ2n) is 11.6. The zero-order chi connectivity index (χ0) is 24.9. The molecule has 3 saturated carbocycles. The van der Waals surface area contributed by atoms with E-state index in [4.69, 9.17) is 0 Å². The molecule has 0 radical (unpaired) electrons. The largest absolute Gasteiger partial charge is 0.875 e. The number of hydrogen-bond donors (Lipinski definition) is 2. The number of allylic oxidation sites excluding steroid dienone is 7. The second kappa shape index (κ2) is 8.91. The van der Waals surface area contributed by atoms with Crippen LogP contribution in [0.1, 0.15) is 79.1 Å². The molecule has 0 aromatic rings. The number of carbonyl (C=O) groups excluding carboxylic acids is 2. The fourth-order valence-corrected chi connectivity index (χ4v) is 7.99. The Hall–Kier alpha value is -1.98. The van der Waals surface area contributed by atoms with Gasteiger partial charge < -0.3 is 15.3 Å². The molecule has 0 saturated heterocycles. The monoisotopic (exact) mass is 467 g/mol. The lowest BCUT2D eigenvalue weighted by atomic mass is 9.46. The van der Waals surface area contributed by atoms with E-state index in [0.717, 1.165) is 44.1 Å². The molecule has 7 atom stereocenters. The fourth-order valence-electron chi connectivity index (χ4n) is 7.99. The maximum Gasteiger partial charge on any atom is 0.164 e. The van der Waals surface area contributed by atoms with E-state index in [1.807, 2.05) is 37.3 Å². The van der Waals surface area contributed by atoms with Gasteiger partial charge in [-0.05, 0) is 81.1 Å². The molecule has 0 aromatic carbocycles. The van der Waals surface area contributed by atoms with Gasteiger partial charge in [-0.15, -0.1) is 5.76 Å². The topological polar surface area (TPSA) is 97.7 Å². The van der Waals surface area contributed by atoms with Crippen LogP contribution in [0.15, 0.2) is 47.3 Å². The van der Waals surface area contributed by atoms with Crippen molar-refractivity contribution in [3.8, 4) is 0 Å². The predicted octanol–water partition coefficient (Wildman–Crippen LogP) is 3.95. The number of aliphatic hydroxyl groups excluding tert-OH is 1. The molecule has 5 aliphatic rings. The first-order chi connectivity index (χ1) is 15.9. The lowest BCUT2D eigenvalue weighted by Gasteiger charge is -2.58. The molecule has 0 unspecified atom stereocenters. The van der Waals surface area contributed by atoms with Gasteiger partial charge in [0.1, 0.15) is 0 Å². The minimum Gasteiger partial charge on any atom is -0.875 e. The Morgan fingerprint density at radius 1 is 1.09 bits per heavy atom. The van der Waals surface area contributed by atoms with E-state index < -0.39 is 17.1 Å². The standard InChI is InChI=1S/C21H30O4.C8H10O/c1-12(22)21(25)18(24)11-17-15-5-4-13-10-14(23)6-8-19(13,2)16(15)7-9-20(17,21)3;1-7(9)8-5-3-2-4-6-8/h10,15-18,24-25H,4-9,11H2,1-3H3;2-5,9H,6H2,1H3/p-1/b;8-7-/t15-,16+,17+,18-,19+,20+,21-;/m1./s1. The number of rotatable bonds is 1. The van der Waals surface area contributed by atoms with Crippen molar-refractivity contribution >= 4 is 11.6 Å². The summed E-state index contributed by atoms with van der Waals surface area (Å²) in [5.41, 5.74) is 0.135. The van der Waals surface area contributed by atoms with Crippen LogP contribution in [0.2, 0.25) is 0 Å². The van der Waals surface area contributed by atoms with Crippen LogP contribution >= 0.6 is 0 Å². The molecule has 186 valence electrons. The summed E-state index contributed by atoms with van der Waals surface area (Å²) in [6, 6.07) is 0. The predicted molar refractivity (Wildman–Crippen MR) is 129 cm³/mol. The van der Waals surface area contributed by atoms with E-state index in [1.54, 1.807) is 6.92 Å². The average Bonchev–Trinajstić information content (AvgIpc) is 3.02. The van der Waals surface area contributed by atoms with Crippen molar-refractivity contribution in [1.82, 2.24) is 0 Å². The van der Waals surface area contributed by atoms with Gasteiger partial charge in [0.15, 0.2) is 17.2 Å². The normalized spacial score (nSPS) is 44.2. The molecule has 5 heteroatoms. The summed E-state index contributed by atoms with van der Waals surface area (Å²) in [5, 5.41) is 32.4. The quantitative estimate of drug-likeness (QED) is 0.569. The number of carbonyl (C=O) groups is 2. The van der Waals surface area contributed by atoms with Crippen molar-refractivity contribution in [2.45, 2.75) is 90.8 Å². The fraction of sp³-hybridized carbons (Fsp3) is 0.655. The average molecular weight is 468 g/mol. The summed E-state index contributed by atoms with van der Waals surface area (Å²) in [6.07, 6.45) is 15.1. The summed E-state index contributed by atoms with van der Waals surface area (Å²) < 4.78 is 0. The highest BCUT2D eigenvalue weighted by Gasteiger charge is 2.69. The first kappa shape index (κ1) is 25.1. The zero-order valence-corrected chi connectivity index (χ0v) is 21.0. The van der Waals surface area contributed by atoms with E-state index in [9.17, 15) is 24.9 Å².